The van der Waals surface area contributed by atoms with Crippen molar-refractivity contribution in [3.63, 3.8) is 0 Å². The van der Waals surface area contributed by atoms with Crippen LogP contribution in [0.1, 0.15) is 49.5 Å². The Hall–Kier alpha value is -1.84. The minimum absolute atomic E-state index is 0.0502. The smallest absolute Gasteiger partial charge is 0.251 e. The van der Waals surface area contributed by atoms with E-state index in [0.29, 0.717) is 24.4 Å². The zero-order valence-electron chi connectivity index (χ0n) is 13.1. The third-order valence-corrected chi connectivity index (χ3v) is 4.09. The molecule has 2 amide bonds. The first kappa shape index (κ1) is 15.5. The molecule has 0 bridgehead atoms. The molecule has 2 rings (SSSR count). The Morgan fingerprint density at radius 3 is 2.71 bits per heavy atom. The van der Waals surface area contributed by atoms with Crippen molar-refractivity contribution in [3.05, 3.63) is 35.4 Å². The molecule has 1 N–H and O–H groups in total. The van der Waals surface area contributed by atoms with Crippen LogP contribution in [0.15, 0.2) is 24.3 Å². The second-order valence-electron chi connectivity index (χ2n) is 6.13. The summed E-state index contributed by atoms with van der Waals surface area (Å²) in [6.45, 7) is 7.59. The van der Waals surface area contributed by atoms with Crippen LogP contribution >= 0.6 is 0 Å². The molecule has 4 heteroatoms. The lowest BCUT2D eigenvalue weighted by Gasteiger charge is -2.18. The number of carbonyl (C=O) groups is 2. The molecule has 0 aliphatic carbocycles. The highest BCUT2D eigenvalue weighted by molar-refractivity contribution is 5.94. The first-order valence-electron chi connectivity index (χ1n) is 7.65. The largest absolute Gasteiger partial charge is 0.349 e. The number of amides is 2. The van der Waals surface area contributed by atoms with Crippen molar-refractivity contribution < 1.29 is 9.59 Å². The van der Waals surface area contributed by atoms with E-state index in [4.69, 9.17) is 0 Å². The van der Waals surface area contributed by atoms with Crippen LogP contribution in [-0.4, -0.2) is 29.3 Å². The standard InChI is InChI=1S/C17H24N2O2/c1-12(2)13(3)18-17(21)15-7-4-6-14(10-15)11-19-9-5-8-16(19)20/h4,6-7,10,12-13H,5,8-9,11H2,1-3H3,(H,18,21). The molecule has 1 heterocycles. The van der Waals surface area contributed by atoms with Crippen LogP contribution in [0.4, 0.5) is 0 Å². The highest BCUT2D eigenvalue weighted by Gasteiger charge is 2.20. The van der Waals surface area contributed by atoms with E-state index in [1.165, 1.54) is 0 Å². The summed E-state index contributed by atoms with van der Waals surface area (Å²) in [5.74, 6) is 0.559. The Kier molecular flexibility index (Phi) is 4.99. The zero-order chi connectivity index (χ0) is 15.4. The van der Waals surface area contributed by atoms with Gasteiger partial charge in [-0.3, -0.25) is 9.59 Å². The maximum atomic E-state index is 12.2. The van der Waals surface area contributed by atoms with Gasteiger partial charge in [0.1, 0.15) is 0 Å². The lowest BCUT2D eigenvalue weighted by Crippen LogP contribution is -2.36. The minimum atomic E-state index is -0.0502. The summed E-state index contributed by atoms with van der Waals surface area (Å²) in [4.78, 5) is 25.7. The quantitative estimate of drug-likeness (QED) is 0.905. The van der Waals surface area contributed by atoms with Crippen molar-refractivity contribution >= 4 is 11.8 Å². The molecule has 114 valence electrons. The average molecular weight is 288 g/mol. The average Bonchev–Trinajstić information content (AvgIpc) is 2.84. The number of nitrogens with one attached hydrogen (secondary N) is 1. The molecule has 1 aromatic carbocycles. The van der Waals surface area contributed by atoms with Gasteiger partial charge >= 0.3 is 0 Å². The second-order valence-corrected chi connectivity index (χ2v) is 6.13. The molecular weight excluding hydrogens is 264 g/mol. The Balaban J connectivity index is 2.03. The summed E-state index contributed by atoms with van der Waals surface area (Å²) in [7, 11) is 0. The van der Waals surface area contributed by atoms with Crippen molar-refractivity contribution in [1.29, 1.82) is 0 Å². The van der Waals surface area contributed by atoms with Crippen LogP contribution in [0.3, 0.4) is 0 Å². The SMILES string of the molecule is CC(C)C(C)NC(=O)c1cccc(CN2CCCC2=O)c1. The summed E-state index contributed by atoms with van der Waals surface area (Å²) < 4.78 is 0. The van der Waals surface area contributed by atoms with Gasteiger partial charge in [0.25, 0.3) is 5.91 Å². The summed E-state index contributed by atoms with van der Waals surface area (Å²) >= 11 is 0. The van der Waals surface area contributed by atoms with Gasteiger partial charge in [-0.1, -0.05) is 26.0 Å². The monoisotopic (exact) mass is 288 g/mol. The van der Waals surface area contributed by atoms with E-state index in [2.05, 4.69) is 19.2 Å². The molecule has 1 aromatic rings. The summed E-state index contributed by atoms with van der Waals surface area (Å²) in [6, 6.07) is 7.69. The van der Waals surface area contributed by atoms with Crippen molar-refractivity contribution in [2.75, 3.05) is 6.54 Å². The number of benzene rings is 1. The van der Waals surface area contributed by atoms with Crippen molar-refractivity contribution in [2.24, 2.45) is 5.92 Å². The van der Waals surface area contributed by atoms with Gasteiger partial charge in [0.15, 0.2) is 0 Å². The van der Waals surface area contributed by atoms with Gasteiger partial charge in [0.2, 0.25) is 5.91 Å². The molecular formula is C17H24N2O2. The fourth-order valence-corrected chi connectivity index (χ4v) is 2.36. The van der Waals surface area contributed by atoms with Gasteiger partial charge in [-0.2, -0.15) is 0 Å². The van der Waals surface area contributed by atoms with Crippen LogP contribution < -0.4 is 5.32 Å². The number of rotatable bonds is 5. The third-order valence-electron chi connectivity index (χ3n) is 4.09. The highest BCUT2D eigenvalue weighted by Crippen LogP contribution is 2.15. The third kappa shape index (κ3) is 4.06. The van der Waals surface area contributed by atoms with Crippen LogP contribution in [-0.2, 0) is 11.3 Å². The van der Waals surface area contributed by atoms with Gasteiger partial charge in [-0.05, 0) is 37.0 Å². The fraction of sp³-hybridized carbons (Fsp3) is 0.529. The van der Waals surface area contributed by atoms with E-state index in [1.54, 1.807) is 0 Å². The molecule has 0 saturated carbocycles. The number of hydrogen-bond donors (Lipinski definition) is 1. The molecule has 21 heavy (non-hydrogen) atoms. The van der Waals surface area contributed by atoms with E-state index in [1.807, 2.05) is 36.1 Å². The molecule has 4 nitrogen and oxygen atoms in total. The van der Waals surface area contributed by atoms with Crippen LogP contribution in [0.25, 0.3) is 0 Å². The van der Waals surface area contributed by atoms with E-state index in [-0.39, 0.29) is 17.9 Å². The predicted octanol–water partition coefficient (Wildman–Crippen LogP) is 2.58. The van der Waals surface area contributed by atoms with Gasteiger partial charge in [0, 0.05) is 31.1 Å². The molecule has 1 atom stereocenters. The maximum Gasteiger partial charge on any atom is 0.251 e. The van der Waals surface area contributed by atoms with Crippen LogP contribution in [0.2, 0.25) is 0 Å². The molecule has 1 aliphatic rings. The molecule has 0 aromatic heterocycles. The number of carbonyl (C=O) groups excluding carboxylic acids is 2. The molecule has 1 unspecified atom stereocenters. The van der Waals surface area contributed by atoms with Gasteiger partial charge in [0.05, 0.1) is 0 Å². The second kappa shape index (κ2) is 6.74. The number of hydrogen-bond acceptors (Lipinski definition) is 2. The Bertz CT molecular complexity index is 525. The normalized spacial score (nSPS) is 16.4. The number of likely N-dealkylation sites (tertiary alicyclic amines) is 1. The van der Waals surface area contributed by atoms with E-state index < -0.39 is 0 Å². The highest BCUT2D eigenvalue weighted by atomic mass is 16.2. The van der Waals surface area contributed by atoms with E-state index in [9.17, 15) is 9.59 Å². The van der Waals surface area contributed by atoms with Crippen molar-refractivity contribution in [3.8, 4) is 0 Å². The number of nitrogens with zero attached hydrogens (tertiary/aromatic N) is 1. The first-order valence-corrected chi connectivity index (χ1v) is 7.65. The summed E-state index contributed by atoms with van der Waals surface area (Å²) in [5.41, 5.74) is 1.67. The summed E-state index contributed by atoms with van der Waals surface area (Å²) in [6.07, 6.45) is 1.58. The lowest BCUT2D eigenvalue weighted by atomic mass is 10.1. The molecule has 1 aliphatic heterocycles. The Labute approximate surface area is 126 Å². The van der Waals surface area contributed by atoms with E-state index >= 15 is 0 Å². The van der Waals surface area contributed by atoms with Gasteiger partial charge in [-0.25, -0.2) is 0 Å². The predicted molar refractivity (Wildman–Crippen MR) is 82.9 cm³/mol. The van der Waals surface area contributed by atoms with Crippen LogP contribution in [0, 0.1) is 5.92 Å². The van der Waals surface area contributed by atoms with Gasteiger partial charge in [-0.15, -0.1) is 0 Å². The lowest BCUT2D eigenvalue weighted by molar-refractivity contribution is -0.128. The molecule has 0 spiro atoms. The minimum Gasteiger partial charge on any atom is -0.349 e. The zero-order valence-corrected chi connectivity index (χ0v) is 13.1. The van der Waals surface area contributed by atoms with E-state index in [0.717, 1.165) is 18.5 Å². The van der Waals surface area contributed by atoms with Gasteiger partial charge < -0.3 is 10.2 Å². The topological polar surface area (TPSA) is 49.4 Å². The fourth-order valence-electron chi connectivity index (χ4n) is 2.36. The summed E-state index contributed by atoms with van der Waals surface area (Å²) in [5, 5.41) is 3.01. The Morgan fingerprint density at radius 1 is 1.33 bits per heavy atom. The van der Waals surface area contributed by atoms with Crippen molar-refractivity contribution in [1.82, 2.24) is 10.2 Å². The molecule has 1 saturated heterocycles. The van der Waals surface area contributed by atoms with Crippen molar-refractivity contribution in [2.45, 2.75) is 46.2 Å². The Morgan fingerprint density at radius 2 is 2.10 bits per heavy atom. The maximum absolute atomic E-state index is 12.2. The molecule has 1 fully saturated rings. The molecule has 0 radical (unpaired) electrons. The van der Waals surface area contributed by atoms with Crippen LogP contribution in [0.5, 0.6) is 0 Å². The first-order chi connectivity index (χ1) is 9.97.